The van der Waals surface area contributed by atoms with E-state index in [4.69, 9.17) is 21.6 Å². The van der Waals surface area contributed by atoms with Crippen molar-refractivity contribution >= 4 is 17.5 Å². The minimum atomic E-state index is -0.301. The molecule has 0 bridgehead atoms. The molecule has 2 aliphatic rings. The normalized spacial score (nSPS) is 24.2. The van der Waals surface area contributed by atoms with Crippen LogP contribution in [0, 0.1) is 22.2 Å². The molecule has 2 heterocycles. The third kappa shape index (κ3) is 3.98. The summed E-state index contributed by atoms with van der Waals surface area (Å²) in [6.07, 6.45) is 5.41. The number of carbonyl (C=O) groups excluding carboxylic acids is 1. The maximum Gasteiger partial charge on any atom is 0.254 e. The Kier molecular flexibility index (Phi) is 5.95. The van der Waals surface area contributed by atoms with Gasteiger partial charge in [-0.3, -0.25) is 9.48 Å². The predicted octanol–water partition coefficient (Wildman–Crippen LogP) is 3.94. The molecule has 1 saturated heterocycles. The average Bonchev–Trinajstić information content (AvgIpc) is 3.26. The zero-order valence-electron chi connectivity index (χ0n) is 19.0. The molecule has 8 heteroatoms. The van der Waals surface area contributed by atoms with Gasteiger partial charge in [-0.25, -0.2) is 0 Å². The molecule has 2 fully saturated rings. The first-order valence-electron chi connectivity index (χ1n) is 11.1. The molecule has 1 aliphatic heterocycles. The summed E-state index contributed by atoms with van der Waals surface area (Å²) >= 11 is 6.17. The Morgan fingerprint density at radius 1 is 1.28 bits per heavy atom. The van der Waals surface area contributed by atoms with Crippen LogP contribution in [0.4, 0.5) is 0 Å². The third-order valence-corrected chi connectivity index (χ3v) is 7.29. The van der Waals surface area contributed by atoms with E-state index in [1.54, 1.807) is 24.4 Å². The van der Waals surface area contributed by atoms with Gasteiger partial charge >= 0.3 is 0 Å². The fourth-order valence-corrected chi connectivity index (χ4v) is 5.75. The number of halogens is 1. The first-order chi connectivity index (χ1) is 15.1. The molecule has 0 unspecified atom stereocenters. The number of nitriles is 1. The molecule has 1 aliphatic carbocycles. The van der Waals surface area contributed by atoms with Gasteiger partial charge in [-0.05, 0) is 38.1 Å². The van der Waals surface area contributed by atoms with Crippen molar-refractivity contribution in [2.75, 3.05) is 13.1 Å². The van der Waals surface area contributed by atoms with Crippen LogP contribution in [0.3, 0.4) is 0 Å². The maximum absolute atomic E-state index is 13.0. The predicted molar refractivity (Wildman–Crippen MR) is 123 cm³/mol. The van der Waals surface area contributed by atoms with Crippen LogP contribution in [0.2, 0.25) is 5.02 Å². The van der Waals surface area contributed by atoms with Crippen LogP contribution >= 0.6 is 11.6 Å². The standard InChI is InChI=1S/C24H30ClN5O2/c1-23(2)21(24(3,4)22(23)32-18-6-5-15(12-26)19(25)11-18)29-20(31)16-13-28-30(14-16)17-7-9-27-10-8-17/h5-6,11,13-14,17,21-22,27H,7-10H2,1-4H3,(H,29,31)/t21-,22-. The number of nitrogens with zero attached hydrogens (tertiary/aromatic N) is 3. The first-order valence-corrected chi connectivity index (χ1v) is 11.4. The number of amides is 1. The van der Waals surface area contributed by atoms with E-state index in [0.29, 0.717) is 27.9 Å². The Bertz CT molecular complexity index is 1030. The monoisotopic (exact) mass is 455 g/mol. The zero-order valence-corrected chi connectivity index (χ0v) is 19.7. The molecule has 0 atom stereocenters. The van der Waals surface area contributed by atoms with Crippen LogP contribution in [-0.4, -0.2) is 40.9 Å². The summed E-state index contributed by atoms with van der Waals surface area (Å²) in [5.41, 5.74) is 0.398. The van der Waals surface area contributed by atoms with E-state index in [2.05, 4.69) is 49.5 Å². The molecule has 1 saturated carbocycles. The lowest BCUT2D eigenvalue weighted by molar-refractivity contribution is -0.164. The molecule has 0 radical (unpaired) electrons. The molecule has 0 spiro atoms. The van der Waals surface area contributed by atoms with Gasteiger partial charge in [0.05, 0.1) is 28.4 Å². The van der Waals surface area contributed by atoms with Gasteiger partial charge in [0.1, 0.15) is 17.9 Å². The quantitative estimate of drug-likeness (QED) is 0.712. The van der Waals surface area contributed by atoms with Crippen molar-refractivity contribution in [2.45, 2.75) is 58.7 Å². The zero-order chi connectivity index (χ0) is 23.1. The van der Waals surface area contributed by atoms with E-state index in [0.717, 1.165) is 25.9 Å². The van der Waals surface area contributed by atoms with Crippen LogP contribution < -0.4 is 15.4 Å². The summed E-state index contributed by atoms with van der Waals surface area (Å²) < 4.78 is 8.22. The summed E-state index contributed by atoms with van der Waals surface area (Å²) in [6.45, 7) is 10.3. The minimum Gasteiger partial charge on any atom is -0.489 e. The van der Waals surface area contributed by atoms with Crippen molar-refractivity contribution in [3.8, 4) is 11.8 Å². The first kappa shape index (κ1) is 22.6. The molecule has 7 nitrogen and oxygen atoms in total. The molecule has 1 amide bonds. The summed E-state index contributed by atoms with van der Waals surface area (Å²) in [4.78, 5) is 13.0. The molecular formula is C24H30ClN5O2. The molecule has 4 rings (SSSR count). The van der Waals surface area contributed by atoms with Gasteiger partial charge in [-0.2, -0.15) is 10.4 Å². The fraction of sp³-hybridized carbons (Fsp3) is 0.542. The number of ether oxygens (including phenoxy) is 1. The van der Waals surface area contributed by atoms with E-state index in [1.165, 1.54) is 0 Å². The lowest BCUT2D eigenvalue weighted by atomic mass is 9.49. The van der Waals surface area contributed by atoms with Crippen LogP contribution in [-0.2, 0) is 0 Å². The van der Waals surface area contributed by atoms with Crippen molar-refractivity contribution in [3.63, 3.8) is 0 Å². The van der Waals surface area contributed by atoms with Crippen LogP contribution in [0.1, 0.15) is 62.5 Å². The van der Waals surface area contributed by atoms with Crippen molar-refractivity contribution in [1.82, 2.24) is 20.4 Å². The van der Waals surface area contributed by atoms with Crippen molar-refractivity contribution < 1.29 is 9.53 Å². The van der Waals surface area contributed by atoms with Gasteiger partial charge in [0.15, 0.2) is 0 Å². The summed E-state index contributed by atoms with van der Waals surface area (Å²) in [5.74, 6) is 0.504. The Balaban J connectivity index is 1.44. The number of benzene rings is 1. The van der Waals surface area contributed by atoms with Crippen LogP contribution in [0.15, 0.2) is 30.6 Å². The molecule has 1 aromatic carbocycles. The summed E-state index contributed by atoms with van der Waals surface area (Å²) in [5, 5.41) is 20.5. The van der Waals surface area contributed by atoms with Gasteiger partial charge in [0, 0.05) is 29.1 Å². The second-order valence-electron chi connectivity index (χ2n) is 9.99. The van der Waals surface area contributed by atoms with E-state index >= 15 is 0 Å². The smallest absolute Gasteiger partial charge is 0.254 e. The van der Waals surface area contributed by atoms with Gasteiger partial charge in [0.25, 0.3) is 5.91 Å². The lowest BCUT2D eigenvalue weighted by Gasteiger charge is -2.63. The van der Waals surface area contributed by atoms with Crippen molar-refractivity contribution in [3.05, 3.63) is 46.7 Å². The van der Waals surface area contributed by atoms with Crippen molar-refractivity contribution in [1.29, 1.82) is 5.26 Å². The summed E-state index contributed by atoms with van der Waals surface area (Å²) in [6, 6.07) is 7.42. The number of hydrogen-bond donors (Lipinski definition) is 2. The Morgan fingerprint density at radius 2 is 1.97 bits per heavy atom. The largest absolute Gasteiger partial charge is 0.489 e. The second-order valence-corrected chi connectivity index (χ2v) is 10.4. The lowest BCUT2D eigenvalue weighted by Crippen LogP contribution is -2.74. The fourth-order valence-electron chi connectivity index (χ4n) is 5.54. The topological polar surface area (TPSA) is 92.0 Å². The number of piperidine rings is 1. The average molecular weight is 456 g/mol. The van der Waals surface area contributed by atoms with Gasteiger partial charge in [-0.1, -0.05) is 39.3 Å². The Morgan fingerprint density at radius 3 is 2.59 bits per heavy atom. The molecule has 170 valence electrons. The number of nitrogens with one attached hydrogen (secondary N) is 2. The number of carbonyl (C=O) groups is 1. The second kappa shape index (κ2) is 8.42. The van der Waals surface area contributed by atoms with E-state index < -0.39 is 0 Å². The highest BCUT2D eigenvalue weighted by Gasteiger charge is 2.64. The third-order valence-electron chi connectivity index (χ3n) is 6.98. The Labute approximate surface area is 194 Å². The summed E-state index contributed by atoms with van der Waals surface area (Å²) in [7, 11) is 0. The Hall–Kier alpha value is -2.56. The molecule has 2 N–H and O–H groups in total. The minimum absolute atomic E-state index is 0.0800. The van der Waals surface area contributed by atoms with Gasteiger partial charge < -0.3 is 15.4 Å². The van der Waals surface area contributed by atoms with E-state index in [1.807, 2.05) is 10.9 Å². The number of rotatable bonds is 5. The maximum atomic E-state index is 13.0. The van der Waals surface area contributed by atoms with Crippen LogP contribution in [0.5, 0.6) is 5.75 Å². The molecule has 1 aromatic heterocycles. The van der Waals surface area contributed by atoms with Crippen molar-refractivity contribution in [2.24, 2.45) is 10.8 Å². The van der Waals surface area contributed by atoms with Crippen LogP contribution in [0.25, 0.3) is 0 Å². The van der Waals surface area contributed by atoms with E-state index in [-0.39, 0.29) is 28.9 Å². The van der Waals surface area contributed by atoms with E-state index in [9.17, 15) is 4.79 Å². The number of aromatic nitrogens is 2. The molecular weight excluding hydrogens is 426 g/mol. The van der Waals surface area contributed by atoms with Gasteiger partial charge in [0.2, 0.25) is 0 Å². The highest BCUT2D eigenvalue weighted by atomic mass is 35.5. The molecule has 32 heavy (non-hydrogen) atoms. The SMILES string of the molecule is CC1(C)[C@H](NC(=O)c2cnn(C3CCNCC3)c2)C(C)(C)[C@H]1Oc1ccc(C#N)c(Cl)c1. The highest BCUT2D eigenvalue weighted by molar-refractivity contribution is 6.31. The number of hydrogen-bond acceptors (Lipinski definition) is 5. The highest BCUT2D eigenvalue weighted by Crippen LogP contribution is 2.55. The molecule has 2 aromatic rings. The van der Waals surface area contributed by atoms with Gasteiger partial charge in [-0.15, -0.1) is 0 Å².